The second-order valence-corrected chi connectivity index (χ2v) is 8.54. The van der Waals surface area contributed by atoms with Crippen LogP contribution in [0.4, 0.5) is 0 Å². The van der Waals surface area contributed by atoms with Gasteiger partial charge in [0.1, 0.15) is 6.04 Å². The molecule has 1 aromatic carbocycles. The molecule has 1 unspecified atom stereocenters. The summed E-state index contributed by atoms with van der Waals surface area (Å²) < 4.78 is 2.04. The molecular weight excluding hydrogens is 388 g/mol. The lowest BCUT2D eigenvalue weighted by molar-refractivity contribution is -0.126. The van der Waals surface area contributed by atoms with Gasteiger partial charge in [-0.05, 0) is 57.8 Å². The number of aryl methyl sites for hydroxylation is 1. The van der Waals surface area contributed by atoms with Crippen LogP contribution >= 0.6 is 0 Å². The smallest absolute Gasteiger partial charge is 0.242 e. The molecule has 1 N–H and O–H groups in total. The molecule has 2 heterocycles. The van der Waals surface area contributed by atoms with Gasteiger partial charge in [-0.1, -0.05) is 24.3 Å². The first-order chi connectivity index (χ1) is 15.0. The van der Waals surface area contributed by atoms with E-state index in [9.17, 15) is 4.79 Å². The number of nitrogens with one attached hydrogen (secondary N) is 1. The van der Waals surface area contributed by atoms with Crippen LogP contribution in [0.2, 0.25) is 0 Å². The van der Waals surface area contributed by atoms with Crippen LogP contribution in [0.3, 0.4) is 0 Å². The first-order valence-electron chi connectivity index (χ1n) is 10.9. The lowest BCUT2D eigenvalue weighted by Gasteiger charge is -2.32. The molecule has 1 saturated carbocycles. The summed E-state index contributed by atoms with van der Waals surface area (Å²) in [7, 11) is 3.92. The largest absolute Gasteiger partial charge is 0.352 e. The fraction of sp³-hybridized carbons (Fsp3) is 0.417. The van der Waals surface area contributed by atoms with Crippen molar-refractivity contribution in [1.82, 2.24) is 30.0 Å². The van der Waals surface area contributed by atoms with Crippen LogP contribution in [0.1, 0.15) is 48.9 Å². The summed E-state index contributed by atoms with van der Waals surface area (Å²) in [4.78, 5) is 23.6. The van der Waals surface area contributed by atoms with Gasteiger partial charge >= 0.3 is 0 Å². The van der Waals surface area contributed by atoms with E-state index in [0.717, 1.165) is 48.1 Å². The Bertz CT molecular complexity index is 1010. The molecule has 1 atom stereocenters. The van der Waals surface area contributed by atoms with Crippen molar-refractivity contribution in [3.05, 3.63) is 66.4 Å². The van der Waals surface area contributed by atoms with Gasteiger partial charge in [-0.2, -0.15) is 5.10 Å². The zero-order valence-corrected chi connectivity index (χ0v) is 18.4. The number of hydrogen-bond acceptors (Lipinski definition) is 5. The van der Waals surface area contributed by atoms with Crippen molar-refractivity contribution < 1.29 is 4.79 Å². The van der Waals surface area contributed by atoms with Crippen LogP contribution in [0.25, 0.3) is 11.3 Å². The Morgan fingerprint density at radius 3 is 2.58 bits per heavy atom. The van der Waals surface area contributed by atoms with Crippen molar-refractivity contribution in [3.63, 3.8) is 0 Å². The van der Waals surface area contributed by atoms with Crippen molar-refractivity contribution >= 4 is 5.91 Å². The first kappa shape index (κ1) is 21.2. The highest BCUT2D eigenvalue weighted by Gasteiger charge is 2.29. The minimum absolute atomic E-state index is 0.0757. The van der Waals surface area contributed by atoms with Crippen LogP contribution in [0.15, 0.2) is 55.2 Å². The van der Waals surface area contributed by atoms with E-state index in [0.29, 0.717) is 6.04 Å². The second kappa shape index (κ2) is 9.39. The topological polar surface area (TPSA) is 75.9 Å². The van der Waals surface area contributed by atoms with Crippen molar-refractivity contribution in [1.29, 1.82) is 0 Å². The van der Waals surface area contributed by atoms with Crippen LogP contribution in [-0.4, -0.2) is 50.7 Å². The van der Waals surface area contributed by atoms with Gasteiger partial charge in [0.2, 0.25) is 5.91 Å². The third-order valence-electron chi connectivity index (χ3n) is 6.13. The van der Waals surface area contributed by atoms with E-state index in [1.54, 1.807) is 18.6 Å². The summed E-state index contributed by atoms with van der Waals surface area (Å²) in [6, 6.07) is 8.38. The van der Waals surface area contributed by atoms with Gasteiger partial charge in [0.05, 0.1) is 24.1 Å². The number of carbonyl (C=O) groups excluding carboxylic acids is 1. The molecule has 1 amide bonds. The summed E-state index contributed by atoms with van der Waals surface area (Å²) in [6.07, 6.45) is 12.9. The molecule has 0 radical (unpaired) electrons. The lowest BCUT2D eigenvalue weighted by atomic mass is 9.90. The highest BCUT2D eigenvalue weighted by molar-refractivity contribution is 5.83. The maximum absolute atomic E-state index is 13.1. The number of amides is 1. The van der Waals surface area contributed by atoms with E-state index < -0.39 is 0 Å². The van der Waals surface area contributed by atoms with Crippen LogP contribution in [-0.2, 0) is 4.79 Å². The molecule has 1 aliphatic carbocycles. The third-order valence-corrected chi connectivity index (χ3v) is 6.13. The highest BCUT2D eigenvalue weighted by atomic mass is 16.2. The molecule has 7 nitrogen and oxygen atoms in total. The maximum atomic E-state index is 13.1. The fourth-order valence-corrected chi connectivity index (χ4v) is 4.43. The predicted octanol–water partition coefficient (Wildman–Crippen LogP) is 3.55. The Morgan fingerprint density at radius 2 is 1.90 bits per heavy atom. The molecule has 0 aliphatic heterocycles. The number of carbonyl (C=O) groups is 1. The molecule has 7 heteroatoms. The Balaban J connectivity index is 1.36. The predicted molar refractivity (Wildman–Crippen MR) is 120 cm³/mol. The van der Waals surface area contributed by atoms with E-state index >= 15 is 0 Å². The molecule has 31 heavy (non-hydrogen) atoms. The van der Waals surface area contributed by atoms with Crippen molar-refractivity contribution in [3.8, 4) is 11.3 Å². The van der Waals surface area contributed by atoms with Crippen LogP contribution < -0.4 is 5.32 Å². The molecular formula is C24H30N6O. The molecule has 0 saturated heterocycles. The Labute approximate surface area is 183 Å². The molecule has 4 rings (SSSR count). The van der Waals surface area contributed by atoms with Crippen molar-refractivity contribution in [2.45, 2.75) is 50.7 Å². The summed E-state index contributed by atoms with van der Waals surface area (Å²) in [6.45, 7) is 2.06. The zero-order chi connectivity index (χ0) is 21.8. The molecule has 1 fully saturated rings. The molecule has 3 aromatic rings. The van der Waals surface area contributed by atoms with Gasteiger partial charge < -0.3 is 5.32 Å². The molecule has 162 valence electrons. The molecule has 2 aromatic heterocycles. The van der Waals surface area contributed by atoms with Crippen LogP contribution in [0, 0.1) is 6.92 Å². The second-order valence-electron chi connectivity index (χ2n) is 8.54. The quantitative estimate of drug-likeness (QED) is 0.663. The number of hydrogen-bond donors (Lipinski definition) is 1. The number of aromatic nitrogens is 4. The van der Waals surface area contributed by atoms with Gasteiger partial charge in [0.15, 0.2) is 0 Å². The number of rotatable bonds is 6. The van der Waals surface area contributed by atoms with E-state index in [-0.39, 0.29) is 18.0 Å². The minimum Gasteiger partial charge on any atom is -0.352 e. The first-order valence-corrected chi connectivity index (χ1v) is 10.9. The highest BCUT2D eigenvalue weighted by Crippen LogP contribution is 2.30. The van der Waals surface area contributed by atoms with Crippen LogP contribution in [0.5, 0.6) is 0 Å². The summed E-state index contributed by atoms with van der Waals surface area (Å²) in [5.74, 6) is 0.0757. The van der Waals surface area contributed by atoms with Crippen molar-refractivity contribution in [2.24, 2.45) is 0 Å². The van der Waals surface area contributed by atoms with Gasteiger partial charge in [0.25, 0.3) is 0 Å². The number of likely N-dealkylation sites (N-methyl/N-ethyl adjacent to an activating group) is 1. The SMILES string of the molecule is Cc1ccccc1C(C(=O)NC1CCC(n2cc(-c3cnccn3)cn2)CC1)N(C)C. The number of nitrogens with zero attached hydrogens (tertiary/aromatic N) is 5. The van der Waals surface area contributed by atoms with Gasteiger partial charge in [-0.25, -0.2) is 0 Å². The summed E-state index contributed by atoms with van der Waals surface area (Å²) in [5.41, 5.74) is 4.01. The monoisotopic (exact) mass is 418 g/mol. The normalized spacial score (nSPS) is 19.9. The summed E-state index contributed by atoms with van der Waals surface area (Å²) >= 11 is 0. The van der Waals surface area contributed by atoms with E-state index in [2.05, 4.69) is 33.4 Å². The van der Waals surface area contributed by atoms with E-state index in [1.807, 2.05) is 54.3 Å². The zero-order valence-electron chi connectivity index (χ0n) is 18.4. The van der Waals surface area contributed by atoms with Gasteiger partial charge in [-0.3, -0.25) is 24.3 Å². The Hall–Kier alpha value is -3.06. The Kier molecular flexibility index (Phi) is 6.42. The van der Waals surface area contributed by atoms with Crippen molar-refractivity contribution in [2.75, 3.05) is 14.1 Å². The Morgan fingerprint density at radius 1 is 1.13 bits per heavy atom. The molecule has 0 bridgehead atoms. The molecule has 1 aliphatic rings. The molecule has 0 spiro atoms. The van der Waals surface area contributed by atoms with Gasteiger partial charge in [0, 0.05) is 30.2 Å². The fourth-order valence-electron chi connectivity index (χ4n) is 4.43. The average molecular weight is 419 g/mol. The minimum atomic E-state index is -0.278. The maximum Gasteiger partial charge on any atom is 0.242 e. The standard InChI is InChI=1S/C24H30N6O/c1-17-6-4-5-7-21(17)23(29(2)3)24(31)28-19-8-10-20(11-9-19)30-16-18(14-27-30)22-15-25-12-13-26-22/h4-7,12-16,19-20,23H,8-11H2,1-3H3,(H,28,31). The average Bonchev–Trinajstić information content (AvgIpc) is 3.26. The lowest BCUT2D eigenvalue weighted by Crippen LogP contribution is -2.44. The summed E-state index contributed by atoms with van der Waals surface area (Å²) in [5, 5.41) is 7.86. The van der Waals surface area contributed by atoms with E-state index in [4.69, 9.17) is 0 Å². The third kappa shape index (κ3) is 4.82. The van der Waals surface area contributed by atoms with E-state index in [1.165, 1.54) is 0 Å². The number of benzene rings is 1. The van der Waals surface area contributed by atoms with Gasteiger partial charge in [-0.15, -0.1) is 0 Å².